The van der Waals surface area contributed by atoms with Crippen LogP contribution in [-0.2, 0) is 14.3 Å². The largest absolute Gasteiger partial charge is 0.467 e. The molecule has 1 heterocycles. The number of ether oxygens (including phenoxy) is 1. The zero-order chi connectivity index (χ0) is 16.8. The first kappa shape index (κ1) is 18.2. The number of nitrogens with zero attached hydrogens (tertiary/aromatic N) is 1. The van der Waals surface area contributed by atoms with Gasteiger partial charge in [0.1, 0.15) is 6.04 Å². The van der Waals surface area contributed by atoms with Gasteiger partial charge in [-0.25, -0.2) is 4.79 Å². The Morgan fingerprint density at radius 1 is 1.22 bits per heavy atom. The van der Waals surface area contributed by atoms with Crippen molar-refractivity contribution in [2.24, 2.45) is 11.8 Å². The van der Waals surface area contributed by atoms with E-state index in [9.17, 15) is 9.59 Å². The number of piperidine rings is 1. The molecular formula is C18H32N2O3. The van der Waals surface area contributed by atoms with E-state index in [1.807, 2.05) is 13.8 Å². The number of nitrogens with one attached hydrogen (secondary N) is 1. The predicted octanol–water partition coefficient (Wildman–Crippen LogP) is 2.34. The van der Waals surface area contributed by atoms with Gasteiger partial charge in [-0.2, -0.15) is 0 Å². The van der Waals surface area contributed by atoms with Crippen LogP contribution in [0.25, 0.3) is 0 Å². The lowest BCUT2D eigenvalue weighted by Crippen LogP contribution is -2.53. The van der Waals surface area contributed by atoms with Crippen molar-refractivity contribution in [1.82, 2.24) is 10.2 Å². The molecule has 2 aliphatic rings. The van der Waals surface area contributed by atoms with Gasteiger partial charge in [0.25, 0.3) is 0 Å². The third-order valence-corrected chi connectivity index (χ3v) is 5.69. The number of carbonyl (C=O) groups is 2. The van der Waals surface area contributed by atoms with Gasteiger partial charge in [0, 0.05) is 6.04 Å². The molecule has 0 radical (unpaired) electrons. The first-order valence-electron chi connectivity index (χ1n) is 9.18. The molecule has 132 valence electrons. The van der Waals surface area contributed by atoms with Crippen molar-refractivity contribution in [2.75, 3.05) is 20.2 Å². The second kappa shape index (κ2) is 8.67. The van der Waals surface area contributed by atoms with Crippen molar-refractivity contribution in [3.05, 3.63) is 0 Å². The fraction of sp³-hybridized carbons (Fsp3) is 0.889. The average Bonchev–Trinajstić information content (AvgIpc) is 2.58. The molecule has 1 amide bonds. The molecule has 23 heavy (non-hydrogen) atoms. The van der Waals surface area contributed by atoms with E-state index in [-0.39, 0.29) is 17.8 Å². The quantitative estimate of drug-likeness (QED) is 0.762. The van der Waals surface area contributed by atoms with E-state index in [4.69, 9.17) is 4.74 Å². The second-order valence-corrected chi connectivity index (χ2v) is 7.18. The van der Waals surface area contributed by atoms with E-state index >= 15 is 0 Å². The van der Waals surface area contributed by atoms with Gasteiger partial charge in [-0.15, -0.1) is 0 Å². The molecule has 4 unspecified atom stereocenters. The average molecular weight is 324 g/mol. The summed E-state index contributed by atoms with van der Waals surface area (Å²) >= 11 is 0. The third kappa shape index (κ3) is 4.69. The first-order valence-corrected chi connectivity index (χ1v) is 9.18. The second-order valence-electron chi connectivity index (χ2n) is 7.18. The maximum Gasteiger partial charge on any atom is 0.328 e. The van der Waals surface area contributed by atoms with Crippen LogP contribution in [0.4, 0.5) is 0 Å². The molecule has 1 saturated heterocycles. The van der Waals surface area contributed by atoms with Gasteiger partial charge in [-0.1, -0.05) is 33.1 Å². The van der Waals surface area contributed by atoms with E-state index in [2.05, 4.69) is 10.2 Å². The molecule has 0 bridgehead atoms. The summed E-state index contributed by atoms with van der Waals surface area (Å²) in [5, 5.41) is 2.91. The fourth-order valence-corrected chi connectivity index (χ4v) is 4.12. The summed E-state index contributed by atoms with van der Waals surface area (Å²) in [7, 11) is 1.38. The van der Waals surface area contributed by atoms with Crippen molar-refractivity contribution in [3.8, 4) is 0 Å². The molecule has 2 rings (SSSR count). The Morgan fingerprint density at radius 3 is 2.61 bits per heavy atom. The number of rotatable bonds is 6. The molecule has 0 spiro atoms. The first-order chi connectivity index (χ1) is 11.1. The number of hydrogen-bond acceptors (Lipinski definition) is 4. The van der Waals surface area contributed by atoms with Crippen LogP contribution in [0, 0.1) is 11.8 Å². The number of amides is 1. The van der Waals surface area contributed by atoms with Gasteiger partial charge in [-0.3, -0.25) is 9.69 Å². The van der Waals surface area contributed by atoms with Gasteiger partial charge < -0.3 is 10.1 Å². The smallest absolute Gasteiger partial charge is 0.328 e. The van der Waals surface area contributed by atoms with E-state index in [0.29, 0.717) is 12.6 Å². The Morgan fingerprint density at radius 2 is 1.91 bits per heavy atom. The van der Waals surface area contributed by atoms with Crippen molar-refractivity contribution in [3.63, 3.8) is 0 Å². The fourth-order valence-electron chi connectivity index (χ4n) is 4.12. The number of hydrogen-bond donors (Lipinski definition) is 1. The van der Waals surface area contributed by atoms with Gasteiger partial charge >= 0.3 is 5.97 Å². The molecule has 2 fully saturated rings. The monoisotopic (exact) mass is 324 g/mol. The summed E-state index contributed by atoms with van der Waals surface area (Å²) in [5.74, 6) is 0.445. The molecular weight excluding hydrogens is 292 g/mol. The number of carbonyl (C=O) groups excluding carboxylic acids is 2. The van der Waals surface area contributed by atoms with E-state index < -0.39 is 6.04 Å². The van der Waals surface area contributed by atoms with Crippen LogP contribution in [0.3, 0.4) is 0 Å². The lowest BCUT2D eigenvalue weighted by atomic mass is 9.78. The van der Waals surface area contributed by atoms with Crippen molar-refractivity contribution in [1.29, 1.82) is 0 Å². The summed E-state index contributed by atoms with van der Waals surface area (Å²) in [6.45, 7) is 5.40. The van der Waals surface area contributed by atoms with E-state index in [1.54, 1.807) is 0 Å². The molecule has 1 aliphatic heterocycles. The van der Waals surface area contributed by atoms with Crippen molar-refractivity contribution >= 4 is 11.9 Å². The van der Waals surface area contributed by atoms with Crippen molar-refractivity contribution < 1.29 is 14.3 Å². The predicted molar refractivity (Wildman–Crippen MR) is 90.0 cm³/mol. The number of methoxy groups -OCH3 is 1. The molecule has 5 nitrogen and oxygen atoms in total. The summed E-state index contributed by atoms with van der Waals surface area (Å²) in [5.41, 5.74) is 0. The standard InChI is InChI=1S/C18H32N2O3/c1-4-13(2)17(18(22)23-3)19-16(21)12-20-11-7-9-14-8-5-6-10-15(14)20/h13-15,17H,4-12H2,1-3H3,(H,19,21). The Bertz CT molecular complexity index is 411. The van der Waals surface area contributed by atoms with E-state index in [1.165, 1.54) is 45.6 Å². The van der Waals surface area contributed by atoms with Gasteiger partial charge in [-0.05, 0) is 44.1 Å². The molecule has 1 aliphatic carbocycles. The Kier molecular flexibility index (Phi) is 6.88. The van der Waals surface area contributed by atoms with E-state index in [0.717, 1.165) is 18.9 Å². The lowest BCUT2D eigenvalue weighted by molar-refractivity contribution is -0.147. The van der Waals surface area contributed by atoms with Crippen LogP contribution in [0.2, 0.25) is 0 Å². The normalized spacial score (nSPS) is 27.6. The maximum atomic E-state index is 12.5. The van der Waals surface area contributed by atoms with Gasteiger partial charge in [0.15, 0.2) is 0 Å². The summed E-state index contributed by atoms with van der Waals surface area (Å²) in [4.78, 5) is 26.7. The molecule has 0 aromatic carbocycles. The maximum absolute atomic E-state index is 12.5. The minimum atomic E-state index is -0.538. The van der Waals surface area contributed by atoms with Crippen LogP contribution >= 0.6 is 0 Å². The minimum Gasteiger partial charge on any atom is -0.467 e. The highest BCUT2D eigenvalue weighted by molar-refractivity contribution is 5.85. The molecule has 0 aromatic rings. The Balaban J connectivity index is 1.92. The summed E-state index contributed by atoms with van der Waals surface area (Å²) < 4.78 is 4.84. The molecule has 0 aromatic heterocycles. The molecule has 4 atom stereocenters. The van der Waals surface area contributed by atoms with Crippen LogP contribution in [-0.4, -0.2) is 49.1 Å². The number of esters is 1. The molecule has 1 N–H and O–H groups in total. The molecule has 5 heteroatoms. The summed E-state index contributed by atoms with van der Waals surface area (Å²) in [6, 6.07) is 0.0212. The van der Waals surface area contributed by atoms with Crippen LogP contribution in [0.1, 0.15) is 58.8 Å². The van der Waals surface area contributed by atoms with Crippen LogP contribution in [0.5, 0.6) is 0 Å². The summed E-state index contributed by atoms with van der Waals surface area (Å²) in [6.07, 6.45) is 8.44. The minimum absolute atomic E-state index is 0.0491. The van der Waals surface area contributed by atoms with Crippen LogP contribution in [0.15, 0.2) is 0 Å². The third-order valence-electron chi connectivity index (χ3n) is 5.69. The van der Waals surface area contributed by atoms with Gasteiger partial charge in [0.05, 0.1) is 13.7 Å². The highest BCUT2D eigenvalue weighted by atomic mass is 16.5. The zero-order valence-electron chi connectivity index (χ0n) is 14.8. The molecule has 1 saturated carbocycles. The highest BCUT2D eigenvalue weighted by Gasteiger charge is 2.35. The topological polar surface area (TPSA) is 58.6 Å². The Hall–Kier alpha value is -1.10. The number of fused-ring (bicyclic) bond motifs is 1. The van der Waals surface area contributed by atoms with Crippen LogP contribution < -0.4 is 5.32 Å². The van der Waals surface area contributed by atoms with Gasteiger partial charge in [0.2, 0.25) is 5.91 Å². The van der Waals surface area contributed by atoms with Crippen molar-refractivity contribution in [2.45, 2.75) is 70.9 Å². The number of likely N-dealkylation sites (tertiary alicyclic amines) is 1. The highest BCUT2D eigenvalue weighted by Crippen LogP contribution is 2.34. The SMILES string of the molecule is CCC(C)C(NC(=O)CN1CCCC2CCCCC21)C(=O)OC. The lowest BCUT2D eigenvalue weighted by Gasteiger charge is -2.44. The zero-order valence-corrected chi connectivity index (χ0v) is 14.8. The Labute approximate surface area is 140 Å².